The van der Waals surface area contributed by atoms with Crippen LogP contribution in [0.1, 0.15) is 18.1 Å². The Balaban J connectivity index is 1.68. The summed E-state index contributed by atoms with van der Waals surface area (Å²) in [7, 11) is 0. The van der Waals surface area contributed by atoms with Gasteiger partial charge in [-0.1, -0.05) is 48.5 Å². The zero-order valence-corrected chi connectivity index (χ0v) is 13.8. The second-order valence-electron chi connectivity index (χ2n) is 5.99. The summed E-state index contributed by atoms with van der Waals surface area (Å²) >= 11 is 0. The highest BCUT2D eigenvalue weighted by Crippen LogP contribution is 2.28. The van der Waals surface area contributed by atoms with Gasteiger partial charge in [0.1, 0.15) is 17.9 Å². The van der Waals surface area contributed by atoms with Crippen LogP contribution in [0.2, 0.25) is 0 Å². The van der Waals surface area contributed by atoms with Crippen molar-refractivity contribution in [3.63, 3.8) is 0 Å². The van der Waals surface area contributed by atoms with Crippen LogP contribution in [0.15, 0.2) is 54.6 Å². The number of ether oxygens (including phenoxy) is 1. The SMILES string of the molecule is Cc1ccccc1OCCN1C(=O)N[C@](C)(c2ccccc2)C1=O. The average molecular weight is 324 g/mol. The molecule has 0 unspecified atom stereocenters. The molecule has 0 bridgehead atoms. The molecule has 3 rings (SSSR count). The lowest BCUT2D eigenvalue weighted by Gasteiger charge is -2.22. The minimum absolute atomic E-state index is 0.210. The molecule has 2 aromatic rings. The van der Waals surface area contributed by atoms with Crippen molar-refractivity contribution in [2.24, 2.45) is 0 Å². The molecule has 1 saturated heterocycles. The van der Waals surface area contributed by atoms with Gasteiger partial charge >= 0.3 is 6.03 Å². The van der Waals surface area contributed by atoms with Gasteiger partial charge in [0.05, 0.1) is 6.54 Å². The van der Waals surface area contributed by atoms with Gasteiger partial charge in [-0.05, 0) is 31.0 Å². The van der Waals surface area contributed by atoms with Gasteiger partial charge in [0.25, 0.3) is 5.91 Å². The number of benzene rings is 2. The van der Waals surface area contributed by atoms with Gasteiger partial charge in [0.15, 0.2) is 0 Å². The fourth-order valence-corrected chi connectivity index (χ4v) is 2.83. The summed E-state index contributed by atoms with van der Waals surface area (Å²) < 4.78 is 5.70. The number of imide groups is 1. The van der Waals surface area contributed by atoms with Crippen molar-refractivity contribution < 1.29 is 14.3 Å². The van der Waals surface area contributed by atoms with Crippen molar-refractivity contribution in [1.82, 2.24) is 10.2 Å². The van der Waals surface area contributed by atoms with E-state index in [0.717, 1.165) is 16.9 Å². The first-order valence-corrected chi connectivity index (χ1v) is 7.90. The maximum atomic E-state index is 12.7. The van der Waals surface area contributed by atoms with E-state index in [9.17, 15) is 9.59 Å². The third-order valence-corrected chi connectivity index (χ3v) is 4.29. The van der Waals surface area contributed by atoms with Crippen LogP contribution in [0.25, 0.3) is 0 Å². The first-order valence-electron chi connectivity index (χ1n) is 7.90. The van der Waals surface area contributed by atoms with Gasteiger partial charge in [-0.15, -0.1) is 0 Å². The second kappa shape index (κ2) is 6.35. The Bertz CT molecular complexity index is 760. The van der Waals surface area contributed by atoms with Crippen LogP contribution in [0.5, 0.6) is 5.75 Å². The van der Waals surface area contributed by atoms with E-state index in [4.69, 9.17) is 4.74 Å². The minimum Gasteiger partial charge on any atom is -0.491 e. The molecule has 124 valence electrons. The van der Waals surface area contributed by atoms with Gasteiger partial charge in [-0.25, -0.2) is 4.79 Å². The molecule has 1 fully saturated rings. The fraction of sp³-hybridized carbons (Fsp3) is 0.263. The topological polar surface area (TPSA) is 58.6 Å². The molecular weight excluding hydrogens is 304 g/mol. The fourth-order valence-electron chi connectivity index (χ4n) is 2.83. The van der Waals surface area contributed by atoms with E-state index in [0.29, 0.717) is 0 Å². The van der Waals surface area contributed by atoms with Crippen molar-refractivity contribution in [3.05, 3.63) is 65.7 Å². The molecule has 5 nitrogen and oxygen atoms in total. The highest BCUT2D eigenvalue weighted by molar-refractivity contribution is 6.07. The molecule has 5 heteroatoms. The number of hydrogen-bond donors (Lipinski definition) is 1. The Labute approximate surface area is 141 Å². The van der Waals surface area contributed by atoms with E-state index >= 15 is 0 Å². The largest absolute Gasteiger partial charge is 0.491 e. The van der Waals surface area contributed by atoms with E-state index in [1.807, 2.05) is 61.5 Å². The molecule has 2 aromatic carbocycles. The number of carbonyl (C=O) groups excluding carboxylic acids is 2. The van der Waals surface area contributed by atoms with Crippen LogP contribution in [0.4, 0.5) is 4.79 Å². The Hall–Kier alpha value is -2.82. The van der Waals surface area contributed by atoms with Crippen molar-refractivity contribution >= 4 is 11.9 Å². The maximum absolute atomic E-state index is 12.7. The van der Waals surface area contributed by atoms with Gasteiger partial charge in [0.2, 0.25) is 0 Å². The summed E-state index contributed by atoms with van der Waals surface area (Å²) in [4.78, 5) is 26.2. The number of nitrogens with one attached hydrogen (secondary N) is 1. The maximum Gasteiger partial charge on any atom is 0.325 e. The van der Waals surface area contributed by atoms with Crippen LogP contribution in [0.3, 0.4) is 0 Å². The predicted molar refractivity (Wildman–Crippen MR) is 90.7 cm³/mol. The first-order chi connectivity index (χ1) is 11.5. The molecule has 1 aliphatic heterocycles. The Morgan fingerprint density at radius 2 is 1.71 bits per heavy atom. The summed E-state index contributed by atoms with van der Waals surface area (Å²) in [6, 6.07) is 16.5. The summed E-state index contributed by atoms with van der Waals surface area (Å²) in [6.07, 6.45) is 0. The van der Waals surface area contributed by atoms with Crippen LogP contribution in [0, 0.1) is 6.92 Å². The summed E-state index contributed by atoms with van der Waals surface area (Å²) in [5.74, 6) is 0.502. The van der Waals surface area contributed by atoms with E-state index in [-0.39, 0.29) is 25.1 Å². The Morgan fingerprint density at radius 3 is 2.42 bits per heavy atom. The monoisotopic (exact) mass is 324 g/mol. The Morgan fingerprint density at radius 1 is 1.04 bits per heavy atom. The van der Waals surface area contributed by atoms with Crippen LogP contribution < -0.4 is 10.1 Å². The summed E-state index contributed by atoms with van der Waals surface area (Å²) in [5, 5.41) is 2.79. The second-order valence-corrected chi connectivity index (χ2v) is 5.99. The van der Waals surface area contributed by atoms with Gasteiger partial charge < -0.3 is 10.1 Å². The molecule has 3 amide bonds. The standard InChI is InChI=1S/C19H20N2O3/c1-14-8-6-7-11-16(14)24-13-12-21-17(22)19(2,20-18(21)23)15-9-4-3-5-10-15/h3-11H,12-13H2,1-2H3,(H,20,23)/t19-/m1/s1. The molecular formula is C19H20N2O3. The molecule has 24 heavy (non-hydrogen) atoms. The Kier molecular flexibility index (Phi) is 4.25. The molecule has 0 saturated carbocycles. The zero-order chi connectivity index (χ0) is 17.2. The number of nitrogens with zero attached hydrogens (tertiary/aromatic N) is 1. The van der Waals surface area contributed by atoms with E-state index in [1.54, 1.807) is 6.92 Å². The third-order valence-electron chi connectivity index (χ3n) is 4.29. The normalized spacial score (nSPS) is 20.2. The zero-order valence-electron chi connectivity index (χ0n) is 13.8. The number of aryl methyl sites for hydroxylation is 1. The van der Waals surface area contributed by atoms with Crippen LogP contribution in [-0.2, 0) is 10.3 Å². The number of rotatable bonds is 5. The average Bonchev–Trinajstić information content (AvgIpc) is 2.81. The lowest BCUT2D eigenvalue weighted by molar-refractivity contribution is -0.131. The molecule has 0 aromatic heterocycles. The minimum atomic E-state index is -1.03. The van der Waals surface area contributed by atoms with E-state index in [2.05, 4.69) is 5.32 Å². The molecule has 0 aliphatic carbocycles. The van der Waals surface area contributed by atoms with Crippen molar-refractivity contribution in [1.29, 1.82) is 0 Å². The quantitative estimate of drug-likeness (QED) is 0.861. The highest BCUT2D eigenvalue weighted by Gasteiger charge is 2.48. The number of amides is 3. The lowest BCUT2D eigenvalue weighted by atomic mass is 9.92. The number of hydrogen-bond acceptors (Lipinski definition) is 3. The van der Waals surface area contributed by atoms with Crippen molar-refractivity contribution in [3.8, 4) is 5.75 Å². The van der Waals surface area contributed by atoms with E-state index in [1.165, 1.54) is 4.90 Å². The summed E-state index contributed by atoms with van der Waals surface area (Å²) in [5.41, 5.74) is 0.760. The third kappa shape index (κ3) is 2.85. The van der Waals surface area contributed by atoms with Gasteiger partial charge in [0, 0.05) is 0 Å². The number of para-hydroxylation sites is 1. The van der Waals surface area contributed by atoms with E-state index < -0.39 is 5.54 Å². The molecule has 1 aliphatic rings. The number of urea groups is 1. The molecule has 1 heterocycles. The smallest absolute Gasteiger partial charge is 0.325 e. The lowest BCUT2D eigenvalue weighted by Crippen LogP contribution is -2.41. The molecule has 1 atom stereocenters. The molecule has 1 N–H and O–H groups in total. The van der Waals surface area contributed by atoms with Crippen LogP contribution >= 0.6 is 0 Å². The predicted octanol–water partition coefficient (Wildman–Crippen LogP) is 2.84. The van der Waals surface area contributed by atoms with Crippen LogP contribution in [-0.4, -0.2) is 30.0 Å². The molecule has 0 spiro atoms. The van der Waals surface area contributed by atoms with Gasteiger partial charge in [-0.2, -0.15) is 0 Å². The number of carbonyl (C=O) groups is 2. The first kappa shape index (κ1) is 16.1. The summed E-state index contributed by atoms with van der Waals surface area (Å²) in [6.45, 7) is 4.15. The molecule has 0 radical (unpaired) electrons. The highest BCUT2D eigenvalue weighted by atomic mass is 16.5. The van der Waals surface area contributed by atoms with Crippen molar-refractivity contribution in [2.75, 3.05) is 13.2 Å². The van der Waals surface area contributed by atoms with Crippen molar-refractivity contribution in [2.45, 2.75) is 19.4 Å². The van der Waals surface area contributed by atoms with Gasteiger partial charge in [-0.3, -0.25) is 9.69 Å².